The third-order valence-corrected chi connectivity index (χ3v) is 5.01. The van der Waals surface area contributed by atoms with Crippen molar-refractivity contribution in [2.45, 2.75) is 58.2 Å². The van der Waals surface area contributed by atoms with Crippen LogP contribution >= 0.6 is 0 Å². The number of aryl methyl sites for hydroxylation is 2. The second kappa shape index (κ2) is 8.35. The van der Waals surface area contributed by atoms with Crippen LogP contribution in [0.25, 0.3) is 0 Å². The van der Waals surface area contributed by atoms with Gasteiger partial charge in [0.1, 0.15) is 5.60 Å². The van der Waals surface area contributed by atoms with Crippen LogP contribution in [0.5, 0.6) is 0 Å². The molecule has 1 aliphatic rings. The predicted octanol–water partition coefficient (Wildman–Crippen LogP) is 3.42. The molecule has 1 aromatic heterocycles. The molecule has 1 amide bonds. The summed E-state index contributed by atoms with van der Waals surface area (Å²) in [5, 5.41) is 15.0. The zero-order valence-corrected chi connectivity index (χ0v) is 17.3. The lowest BCUT2D eigenvalue weighted by Gasteiger charge is -2.26. The molecule has 0 saturated carbocycles. The average molecular weight is 386 g/mol. The van der Waals surface area contributed by atoms with E-state index < -0.39 is 11.7 Å². The molecule has 0 aliphatic carbocycles. The molecule has 1 aliphatic heterocycles. The van der Waals surface area contributed by atoms with Crippen LogP contribution in [0.3, 0.4) is 0 Å². The van der Waals surface area contributed by atoms with E-state index in [9.17, 15) is 9.90 Å². The highest BCUT2D eigenvalue weighted by Crippen LogP contribution is 2.25. The molecule has 1 unspecified atom stereocenters. The third-order valence-electron chi connectivity index (χ3n) is 5.01. The summed E-state index contributed by atoms with van der Waals surface area (Å²) in [5.41, 5.74) is 3.89. The van der Waals surface area contributed by atoms with E-state index in [2.05, 4.69) is 17.2 Å². The molecule has 2 heterocycles. The van der Waals surface area contributed by atoms with Crippen LogP contribution in [0.4, 0.5) is 4.79 Å². The van der Waals surface area contributed by atoms with Gasteiger partial charge in [-0.05, 0) is 69.2 Å². The lowest BCUT2D eigenvalue weighted by molar-refractivity contribution is 0.0258. The molecule has 0 fully saturated rings. The maximum Gasteiger partial charge on any atom is 0.410 e. The SMILES string of the molecule is Cn1ccc(CCC(O)c2ccc3c(c2)CCN(C(=O)OC(C)(C)C)CC3)n1. The van der Waals surface area contributed by atoms with E-state index in [1.807, 2.05) is 46.1 Å². The summed E-state index contributed by atoms with van der Waals surface area (Å²) in [6.07, 6.45) is 4.11. The Morgan fingerprint density at radius 1 is 1.21 bits per heavy atom. The van der Waals surface area contributed by atoms with Gasteiger partial charge in [-0.2, -0.15) is 5.10 Å². The first kappa shape index (κ1) is 20.4. The summed E-state index contributed by atoms with van der Waals surface area (Å²) in [6, 6.07) is 8.17. The molecule has 6 heteroatoms. The second-order valence-corrected chi connectivity index (χ2v) is 8.53. The zero-order valence-electron chi connectivity index (χ0n) is 17.3. The van der Waals surface area contributed by atoms with Gasteiger partial charge in [-0.25, -0.2) is 4.79 Å². The first-order valence-corrected chi connectivity index (χ1v) is 9.97. The first-order valence-electron chi connectivity index (χ1n) is 9.97. The van der Waals surface area contributed by atoms with Crippen LogP contribution in [0.15, 0.2) is 30.5 Å². The molecule has 0 radical (unpaired) electrons. The predicted molar refractivity (Wildman–Crippen MR) is 108 cm³/mol. The van der Waals surface area contributed by atoms with Gasteiger partial charge in [0.05, 0.1) is 11.8 Å². The lowest BCUT2D eigenvalue weighted by atomic mass is 9.96. The van der Waals surface area contributed by atoms with Crippen molar-refractivity contribution >= 4 is 6.09 Å². The van der Waals surface area contributed by atoms with Gasteiger partial charge >= 0.3 is 6.09 Å². The smallest absolute Gasteiger partial charge is 0.410 e. The minimum absolute atomic E-state index is 0.254. The van der Waals surface area contributed by atoms with E-state index in [4.69, 9.17) is 4.74 Å². The topological polar surface area (TPSA) is 67.6 Å². The monoisotopic (exact) mass is 385 g/mol. The fraction of sp³-hybridized carbons (Fsp3) is 0.545. The zero-order chi connectivity index (χ0) is 20.3. The third kappa shape index (κ3) is 5.35. The maximum absolute atomic E-state index is 12.4. The van der Waals surface area contributed by atoms with E-state index in [1.165, 1.54) is 11.1 Å². The number of rotatable bonds is 4. The van der Waals surface area contributed by atoms with Crippen LogP contribution in [-0.2, 0) is 31.0 Å². The van der Waals surface area contributed by atoms with Crippen LogP contribution in [-0.4, -0.2) is 44.6 Å². The van der Waals surface area contributed by atoms with Crippen molar-refractivity contribution in [3.05, 3.63) is 52.8 Å². The summed E-state index contributed by atoms with van der Waals surface area (Å²) in [6.45, 7) is 6.95. The summed E-state index contributed by atoms with van der Waals surface area (Å²) in [5.74, 6) is 0. The molecular formula is C22H31N3O3. The summed E-state index contributed by atoms with van der Waals surface area (Å²) >= 11 is 0. The summed E-state index contributed by atoms with van der Waals surface area (Å²) in [7, 11) is 1.90. The van der Waals surface area contributed by atoms with Crippen LogP contribution in [0.2, 0.25) is 0 Å². The number of aliphatic hydroxyl groups is 1. The van der Waals surface area contributed by atoms with Gasteiger partial charge in [-0.15, -0.1) is 0 Å². The fourth-order valence-corrected chi connectivity index (χ4v) is 3.51. The van der Waals surface area contributed by atoms with Crippen molar-refractivity contribution in [2.75, 3.05) is 13.1 Å². The Morgan fingerprint density at radius 3 is 2.57 bits per heavy atom. The van der Waals surface area contributed by atoms with E-state index in [0.29, 0.717) is 19.5 Å². The molecule has 0 bridgehead atoms. The van der Waals surface area contributed by atoms with Crippen molar-refractivity contribution in [3.8, 4) is 0 Å². The lowest BCUT2D eigenvalue weighted by Crippen LogP contribution is -2.38. The van der Waals surface area contributed by atoms with Gasteiger partial charge < -0.3 is 14.7 Å². The fourth-order valence-electron chi connectivity index (χ4n) is 3.51. The van der Waals surface area contributed by atoms with Gasteiger partial charge in [-0.1, -0.05) is 18.2 Å². The van der Waals surface area contributed by atoms with Gasteiger partial charge in [0.15, 0.2) is 0 Å². The molecule has 1 aromatic carbocycles. The number of fused-ring (bicyclic) bond motifs is 1. The van der Waals surface area contributed by atoms with Crippen LogP contribution in [0.1, 0.15) is 55.7 Å². The summed E-state index contributed by atoms with van der Waals surface area (Å²) < 4.78 is 7.29. The number of hydrogen-bond donors (Lipinski definition) is 1. The van der Waals surface area contributed by atoms with Crippen LogP contribution in [0, 0.1) is 0 Å². The van der Waals surface area contributed by atoms with E-state index in [1.54, 1.807) is 9.58 Å². The van der Waals surface area contributed by atoms with Crippen molar-refractivity contribution in [3.63, 3.8) is 0 Å². The molecule has 1 atom stereocenters. The molecule has 1 N–H and O–H groups in total. The van der Waals surface area contributed by atoms with Gasteiger partial charge in [0.2, 0.25) is 0 Å². The van der Waals surface area contributed by atoms with Gasteiger partial charge in [0.25, 0.3) is 0 Å². The second-order valence-electron chi connectivity index (χ2n) is 8.53. The number of amides is 1. The minimum atomic E-state index is -0.516. The Labute approximate surface area is 167 Å². The first-order chi connectivity index (χ1) is 13.2. The number of aliphatic hydroxyl groups excluding tert-OH is 1. The normalized spacial score (nSPS) is 15.7. The number of aromatic nitrogens is 2. The molecular weight excluding hydrogens is 354 g/mol. The largest absolute Gasteiger partial charge is 0.444 e. The Hall–Kier alpha value is -2.34. The molecule has 3 rings (SSSR count). The van der Waals surface area contributed by atoms with Crippen molar-refractivity contribution in [1.29, 1.82) is 0 Å². The average Bonchev–Trinajstić information content (AvgIpc) is 2.91. The highest BCUT2D eigenvalue weighted by molar-refractivity contribution is 5.68. The highest BCUT2D eigenvalue weighted by atomic mass is 16.6. The summed E-state index contributed by atoms with van der Waals surface area (Å²) in [4.78, 5) is 14.2. The van der Waals surface area contributed by atoms with Crippen molar-refractivity contribution in [1.82, 2.24) is 14.7 Å². The number of hydrogen-bond acceptors (Lipinski definition) is 4. The van der Waals surface area contributed by atoms with E-state index in [-0.39, 0.29) is 6.09 Å². The Bertz CT molecular complexity index is 823. The molecule has 0 spiro atoms. The number of ether oxygens (including phenoxy) is 1. The maximum atomic E-state index is 12.4. The Balaban J connectivity index is 1.62. The van der Waals surface area contributed by atoms with Crippen molar-refractivity contribution in [2.24, 2.45) is 7.05 Å². The molecule has 0 saturated heterocycles. The van der Waals surface area contributed by atoms with E-state index >= 15 is 0 Å². The number of carbonyl (C=O) groups excluding carboxylic acids is 1. The van der Waals surface area contributed by atoms with Gasteiger partial charge in [-0.3, -0.25) is 4.68 Å². The molecule has 2 aromatic rings. The van der Waals surface area contributed by atoms with Gasteiger partial charge in [0, 0.05) is 26.3 Å². The number of benzene rings is 1. The Kier molecular flexibility index (Phi) is 6.08. The van der Waals surface area contributed by atoms with E-state index in [0.717, 1.165) is 30.5 Å². The molecule has 152 valence electrons. The standard InChI is InChI=1S/C22H31N3O3/c1-22(2,3)28-21(27)25-13-9-16-5-6-18(15-17(16)10-14-25)20(26)8-7-19-11-12-24(4)23-19/h5-6,11-12,15,20,26H,7-10,13-14H2,1-4H3. The number of carbonyl (C=O) groups is 1. The number of nitrogens with zero attached hydrogens (tertiary/aromatic N) is 3. The van der Waals surface area contributed by atoms with Crippen LogP contribution < -0.4 is 0 Å². The Morgan fingerprint density at radius 2 is 1.93 bits per heavy atom. The molecule has 28 heavy (non-hydrogen) atoms. The van der Waals surface area contributed by atoms with Crippen molar-refractivity contribution < 1.29 is 14.6 Å². The quantitative estimate of drug-likeness (QED) is 0.876. The highest BCUT2D eigenvalue weighted by Gasteiger charge is 2.24. The molecule has 6 nitrogen and oxygen atoms in total. The minimum Gasteiger partial charge on any atom is -0.444 e.